The summed E-state index contributed by atoms with van der Waals surface area (Å²) in [4.78, 5) is 16.6. The molecule has 1 saturated heterocycles. The summed E-state index contributed by atoms with van der Waals surface area (Å²) in [6.07, 6.45) is 6.86. The Morgan fingerprint density at radius 2 is 2.00 bits per heavy atom. The Labute approximate surface area is 194 Å². The van der Waals surface area contributed by atoms with Gasteiger partial charge in [-0.15, -0.1) is 0 Å². The van der Waals surface area contributed by atoms with Crippen LogP contribution in [0.3, 0.4) is 0 Å². The third-order valence-corrected chi connectivity index (χ3v) is 6.15. The van der Waals surface area contributed by atoms with E-state index >= 15 is 0 Å². The van der Waals surface area contributed by atoms with E-state index in [0.717, 1.165) is 84.0 Å². The molecule has 3 N–H and O–H groups in total. The maximum absolute atomic E-state index is 6.76. The predicted octanol–water partition coefficient (Wildman–Crippen LogP) is 4.77. The molecule has 0 saturated carbocycles. The molecule has 7 heteroatoms. The maximum Gasteiger partial charge on any atom is 0.141 e. The minimum absolute atomic E-state index is 0.575. The van der Waals surface area contributed by atoms with Crippen molar-refractivity contribution >= 4 is 39.6 Å². The maximum atomic E-state index is 6.76. The van der Waals surface area contributed by atoms with E-state index in [1.165, 1.54) is 5.56 Å². The number of nitrogens with one attached hydrogen (secondary N) is 1. The molecule has 0 unspecified atom stereocenters. The fourth-order valence-electron chi connectivity index (χ4n) is 4.40. The molecule has 2 aromatic heterocycles. The van der Waals surface area contributed by atoms with Crippen LogP contribution in [0, 0.1) is 6.92 Å². The second-order valence-electron chi connectivity index (χ2n) is 8.16. The van der Waals surface area contributed by atoms with Crippen LogP contribution in [0.2, 0.25) is 5.02 Å². The average molecular weight is 451 g/mol. The van der Waals surface area contributed by atoms with E-state index in [1.54, 1.807) is 0 Å². The summed E-state index contributed by atoms with van der Waals surface area (Å²) in [6.45, 7) is 9.86. The van der Waals surface area contributed by atoms with Gasteiger partial charge in [0.15, 0.2) is 0 Å². The van der Waals surface area contributed by atoms with Crippen LogP contribution in [0.1, 0.15) is 49.3 Å². The number of benzene rings is 1. The van der Waals surface area contributed by atoms with Crippen LogP contribution >= 0.6 is 11.6 Å². The highest BCUT2D eigenvalue weighted by molar-refractivity contribution is 6.32. The monoisotopic (exact) mass is 450 g/mol. The summed E-state index contributed by atoms with van der Waals surface area (Å²) < 4.78 is 0. The molecule has 1 aliphatic rings. The third-order valence-electron chi connectivity index (χ3n) is 5.84. The first-order valence-corrected chi connectivity index (χ1v) is 11.8. The summed E-state index contributed by atoms with van der Waals surface area (Å²) in [7, 11) is 0. The van der Waals surface area contributed by atoms with E-state index in [2.05, 4.69) is 36.2 Å². The number of allylic oxidation sites excluding steroid dienone is 1. The van der Waals surface area contributed by atoms with Gasteiger partial charge >= 0.3 is 0 Å². The van der Waals surface area contributed by atoms with Gasteiger partial charge in [0.1, 0.15) is 17.2 Å². The van der Waals surface area contributed by atoms with Crippen molar-refractivity contribution in [2.75, 3.05) is 36.8 Å². The first-order valence-electron chi connectivity index (χ1n) is 11.4. The van der Waals surface area contributed by atoms with Crippen LogP contribution in [0.5, 0.6) is 0 Å². The van der Waals surface area contributed by atoms with Crippen molar-refractivity contribution in [3.05, 3.63) is 58.1 Å². The van der Waals surface area contributed by atoms with Gasteiger partial charge in [-0.3, -0.25) is 4.98 Å². The minimum atomic E-state index is 0.575. The molecule has 1 fully saturated rings. The Balaban J connectivity index is 1.91. The van der Waals surface area contributed by atoms with Crippen LogP contribution in [-0.4, -0.2) is 41.1 Å². The zero-order chi connectivity index (χ0) is 22.7. The van der Waals surface area contributed by atoms with Gasteiger partial charge in [-0.1, -0.05) is 50.1 Å². The van der Waals surface area contributed by atoms with E-state index in [9.17, 15) is 0 Å². The number of anilines is 2. The fraction of sp³-hybridized carbons (Fsp3) is 0.400. The van der Waals surface area contributed by atoms with Crippen LogP contribution < -0.4 is 16.0 Å². The van der Waals surface area contributed by atoms with Crippen molar-refractivity contribution in [1.29, 1.82) is 0 Å². The van der Waals surface area contributed by atoms with E-state index in [0.29, 0.717) is 11.5 Å². The normalized spacial score (nSPS) is 14.9. The van der Waals surface area contributed by atoms with Gasteiger partial charge in [0, 0.05) is 48.5 Å². The fourth-order valence-corrected chi connectivity index (χ4v) is 4.70. The molecule has 32 heavy (non-hydrogen) atoms. The molecule has 0 radical (unpaired) electrons. The van der Waals surface area contributed by atoms with Crippen LogP contribution in [0.4, 0.5) is 11.5 Å². The Kier molecular flexibility index (Phi) is 6.92. The summed E-state index contributed by atoms with van der Waals surface area (Å²) >= 11 is 6.72. The number of hydrogen-bond acceptors (Lipinski definition) is 6. The molecule has 3 heterocycles. The third kappa shape index (κ3) is 4.30. The summed E-state index contributed by atoms with van der Waals surface area (Å²) in [5, 5.41) is 5.00. The predicted molar refractivity (Wildman–Crippen MR) is 134 cm³/mol. The van der Waals surface area contributed by atoms with Gasteiger partial charge in [0.2, 0.25) is 0 Å². The van der Waals surface area contributed by atoms with Crippen molar-refractivity contribution in [2.45, 2.75) is 40.0 Å². The highest BCUT2D eigenvalue weighted by Crippen LogP contribution is 2.38. The lowest BCUT2D eigenvalue weighted by molar-refractivity contribution is 0.585. The number of aromatic nitrogens is 3. The quantitative estimate of drug-likeness (QED) is 0.563. The average Bonchev–Trinajstić information content (AvgIpc) is 2.79. The lowest BCUT2D eigenvalue weighted by Crippen LogP contribution is -2.44. The number of halogens is 1. The van der Waals surface area contributed by atoms with Crippen molar-refractivity contribution in [2.24, 2.45) is 0 Å². The summed E-state index contributed by atoms with van der Waals surface area (Å²) in [5.74, 6) is 1.62. The molecule has 6 nitrogen and oxygen atoms in total. The van der Waals surface area contributed by atoms with Crippen molar-refractivity contribution in [1.82, 2.24) is 20.3 Å². The van der Waals surface area contributed by atoms with Gasteiger partial charge in [-0.25, -0.2) is 9.97 Å². The number of nitrogen functional groups attached to an aromatic ring is 1. The van der Waals surface area contributed by atoms with Crippen LogP contribution in [0.25, 0.3) is 16.5 Å². The van der Waals surface area contributed by atoms with Crippen molar-refractivity contribution < 1.29 is 0 Å². The first kappa shape index (κ1) is 22.5. The van der Waals surface area contributed by atoms with Crippen LogP contribution in [-0.2, 0) is 6.42 Å². The van der Waals surface area contributed by atoms with E-state index in [-0.39, 0.29) is 0 Å². The minimum Gasteiger partial charge on any atom is -0.395 e. The number of nitrogens with zero attached hydrogens (tertiary/aromatic N) is 4. The summed E-state index contributed by atoms with van der Waals surface area (Å²) in [6, 6.07) is 6.08. The summed E-state index contributed by atoms with van der Waals surface area (Å²) in [5.41, 5.74) is 12.0. The van der Waals surface area contributed by atoms with Gasteiger partial charge in [0.05, 0.1) is 16.8 Å². The number of rotatable bonds is 6. The van der Waals surface area contributed by atoms with Gasteiger partial charge < -0.3 is 16.0 Å². The lowest BCUT2D eigenvalue weighted by Gasteiger charge is -2.29. The molecule has 0 amide bonds. The Hall–Kier alpha value is -2.70. The van der Waals surface area contributed by atoms with E-state index in [1.807, 2.05) is 25.3 Å². The standard InChI is InChI=1S/C25H31ClN6/c1-4-7-17-9-6-10-20(26)21(17)18(8-5-2)23-22(27)24-19(15-29-23)25(31-16(3)30-24)32-13-11-28-12-14-32/h6,8-10,15,28H,4-5,7,11-14,27H2,1-3H3/b18-8+. The number of fused-ring (bicyclic) bond motifs is 1. The largest absolute Gasteiger partial charge is 0.395 e. The topological polar surface area (TPSA) is 80.0 Å². The van der Waals surface area contributed by atoms with Gasteiger partial charge in [0.25, 0.3) is 0 Å². The van der Waals surface area contributed by atoms with Crippen molar-refractivity contribution in [3.8, 4) is 0 Å². The smallest absolute Gasteiger partial charge is 0.141 e. The second-order valence-corrected chi connectivity index (χ2v) is 8.57. The lowest BCUT2D eigenvalue weighted by atomic mass is 9.92. The van der Waals surface area contributed by atoms with Crippen molar-refractivity contribution in [3.63, 3.8) is 0 Å². The molecular formula is C25H31ClN6. The molecule has 3 aromatic rings. The van der Waals surface area contributed by atoms with E-state index < -0.39 is 0 Å². The number of aryl methyl sites for hydroxylation is 2. The van der Waals surface area contributed by atoms with Gasteiger partial charge in [-0.2, -0.15) is 0 Å². The zero-order valence-corrected chi connectivity index (χ0v) is 19.8. The zero-order valence-electron chi connectivity index (χ0n) is 19.1. The SMILES string of the molecule is CC/C=C(/c1ncc2c(N3CCNCC3)nc(C)nc2c1N)c1c(Cl)cccc1CCC. The van der Waals surface area contributed by atoms with Crippen LogP contribution in [0.15, 0.2) is 30.5 Å². The Bertz CT molecular complexity index is 1150. The first-order chi connectivity index (χ1) is 15.5. The molecule has 0 atom stereocenters. The Morgan fingerprint density at radius 1 is 1.22 bits per heavy atom. The van der Waals surface area contributed by atoms with E-state index in [4.69, 9.17) is 32.3 Å². The Morgan fingerprint density at radius 3 is 2.72 bits per heavy atom. The molecule has 1 aliphatic heterocycles. The molecule has 1 aromatic carbocycles. The second kappa shape index (κ2) is 9.84. The molecule has 0 bridgehead atoms. The molecule has 168 valence electrons. The molecular weight excluding hydrogens is 420 g/mol. The number of pyridine rings is 1. The number of hydrogen-bond donors (Lipinski definition) is 2. The molecule has 0 spiro atoms. The highest BCUT2D eigenvalue weighted by Gasteiger charge is 2.22. The highest BCUT2D eigenvalue weighted by atomic mass is 35.5. The number of piperazine rings is 1. The molecule has 4 rings (SSSR count). The molecule has 0 aliphatic carbocycles. The van der Waals surface area contributed by atoms with Gasteiger partial charge in [-0.05, 0) is 31.4 Å². The number of nitrogens with two attached hydrogens (primary N) is 1.